The van der Waals surface area contributed by atoms with Gasteiger partial charge < -0.3 is 15.8 Å². The normalized spacial score (nSPS) is 10.9. The van der Waals surface area contributed by atoms with Gasteiger partial charge in [-0.25, -0.2) is 9.97 Å². The Morgan fingerprint density at radius 1 is 1.12 bits per heavy atom. The number of rotatable bonds is 8. The third-order valence-corrected chi connectivity index (χ3v) is 5.80. The number of nitrogens with one attached hydrogen (secondary N) is 1. The highest BCUT2D eigenvalue weighted by molar-refractivity contribution is 6.42. The van der Waals surface area contributed by atoms with Crippen molar-refractivity contribution in [2.75, 3.05) is 12.4 Å². The molecule has 11 heteroatoms. The molecule has 0 unspecified atom stereocenters. The van der Waals surface area contributed by atoms with Crippen LogP contribution >= 0.6 is 23.2 Å². The van der Waals surface area contributed by atoms with E-state index in [9.17, 15) is 9.59 Å². The van der Waals surface area contributed by atoms with E-state index in [2.05, 4.69) is 20.3 Å². The predicted molar refractivity (Wildman–Crippen MR) is 131 cm³/mol. The number of amides is 1. The maximum absolute atomic E-state index is 13.3. The number of fused-ring (bicyclic) bond motifs is 1. The number of anilines is 1. The number of benzene rings is 2. The number of primary amides is 1. The summed E-state index contributed by atoms with van der Waals surface area (Å²) in [5.41, 5.74) is 7.30. The number of methoxy groups -OCH3 is 1. The van der Waals surface area contributed by atoms with Crippen LogP contribution in [-0.2, 0) is 17.9 Å². The maximum Gasteiger partial charge on any atom is 0.278 e. The van der Waals surface area contributed by atoms with E-state index in [4.69, 9.17) is 33.7 Å². The molecule has 34 heavy (non-hydrogen) atoms. The molecule has 0 radical (unpaired) electrons. The van der Waals surface area contributed by atoms with E-state index >= 15 is 0 Å². The SMILES string of the molecule is COc1ccc(-c2nc3cnc(NCc4ccc(Cl)c(Cl)c4)nc3n(CCC(N)=O)c2=O)cc1. The molecule has 0 aliphatic heterocycles. The molecule has 0 bridgehead atoms. The first-order chi connectivity index (χ1) is 16.4. The van der Waals surface area contributed by atoms with Gasteiger partial charge in [-0.1, -0.05) is 29.3 Å². The van der Waals surface area contributed by atoms with Crippen LogP contribution in [0.25, 0.3) is 22.4 Å². The van der Waals surface area contributed by atoms with Gasteiger partial charge in [-0.15, -0.1) is 0 Å². The first kappa shape index (κ1) is 23.5. The van der Waals surface area contributed by atoms with E-state index in [0.717, 1.165) is 5.56 Å². The van der Waals surface area contributed by atoms with Gasteiger partial charge >= 0.3 is 0 Å². The highest BCUT2D eigenvalue weighted by atomic mass is 35.5. The average Bonchev–Trinajstić information content (AvgIpc) is 2.84. The molecule has 1 amide bonds. The number of hydrogen-bond acceptors (Lipinski definition) is 7. The molecule has 2 aromatic heterocycles. The largest absolute Gasteiger partial charge is 0.497 e. The topological polar surface area (TPSA) is 125 Å². The molecule has 0 saturated heterocycles. The second-order valence-corrected chi connectivity index (χ2v) is 8.18. The third-order valence-electron chi connectivity index (χ3n) is 5.07. The van der Waals surface area contributed by atoms with Crippen molar-refractivity contribution in [3.8, 4) is 17.0 Å². The minimum atomic E-state index is -0.533. The summed E-state index contributed by atoms with van der Waals surface area (Å²) < 4.78 is 6.57. The monoisotopic (exact) mass is 498 g/mol. The Bertz CT molecular complexity index is 1420. The third kappa shape index (κ3) is 5.11. The Kier molecular flexibility index (Phi) is 6.95. The molecule has 2 heterocycles. The van der Waals surface area contributed by atoms with Crippen molar-refractivity contribution in [2.45, 2.75) is 19.5 Å². The predicted octanol–water partition coefficient (Wildman–Crippen LogP) is 3.66. The van der Waals surface area contributed by atoms with Gasteiger partial charge in [0.05, 0.1) is 23.4 Å². The lowest BCUT2D eigenvalue weighted by atomic mass is 10.1. The number of ether oxygens (including phenoxy) is 1. The molecule has 4 rings (SSSR count). The lowest BCUT2D eigenvalue weighted by Crippen LogP contribution is -2.27. The number of carbonyl (C=O) groups excluding carboxylic acids is 1. The molecule has 3 N–H and O–H groups in total. The first-order valence-corrected chi connectivity index (χ1v) is 11.0. The molecule has 9 nitrogen and oxygen atoms in total. The molecule has 0 atom stereocenters. The summed E-state index contributed by atoms with van der Waals surface area (Å²) in [4.78, 5) is 38.0. The standard InChI is InChI=1S/C23H20Cl2N6O3/c1-34-15-5-3-14(4-6-15)20-22(33)31(9-8-19(26)32)21-18(29-20)12-28-23(30-21)27-11-13-2-7-16(24)17(25)10-13/h2-7,10,12H,8-9,11H2,1H3,(H2,26,32)(H,27,28,30). The molecule has 0 saturated carbocycles. The van der Waals surface area contributed by atoms with Crippen molar-refractivity contribution >= 4 is 46.2 Å². The van der Waals surface area contributed by atoms with E-state index in [1.807, 2.05) is 6.07 Å². The zero-order chi connectivity index (χ0) is 24.2. The van der Waals surface area contributed by atoms with E-state index in [1.54, 1.807) is 43.5 Å². The van der Waals surface area contributed by atoms with Crippen molar-refractivity contribution in [3.05, 3.63) is 74.6 Å². The quantitative estimate of drug-likeness (QED) is 0.379. The summed E-state index contributed by atoms with van der Waals surface area (Å²) in [5.74, 6) is 0.402. The Balaban J connectivity index is 1.73. The Morgan fingerprint density at radius 3 is 2.56 bits per heavy atom. The summed E-state index contributed by atoms with van der Waals surface area (Å²) >= 11 is 12.0. The highest BCUT2D eigenvalue weighted by Gasteiger charge is 2.16. The molecule has 0 fully saturated rings. The van der Waals surface area contributed by atoms with Gasteiger partial charge in [-0.2, -0.15) is 4.98 Å². The number of halogens is 2. The summed E-state index contributed by atoms with van der Waals surface area (Å²) in [6, 6.07) is 12.2. The lowest BCUT2D eigenvalue weighted by Gasteiger charge is -2.13. The summed E-state index contributed by atoms with van der Waals surface area (Å²) in [7, 11) is 1.56. The van der Waals surface area contributed by atoms with Gasteiger partial charge in [-0.05, 0) is 42.0 Å². The van der Waals surface area contributed by atoms with Crippen molar-refractivity contribution in [3.63, 3.8) is 0 Å². The zero-order valence-corrected chi connectivity index (χ0v) is 19.6. The molecular formula is C23H20Cl2N6O3. The lowest BCUT2D eigenvalue weighted by molar-refractivity contribution is -0.118. The van der Waals surface area contributed by atoms with Gasteiger partial charge in [0.2, 0.25) is 11.9 Å². The number of nitrogens with zero attached hydrogens (tertiary/aromatic N) is 4. The van der Waals surface area contributed by atoms with E-state index in [1.165, 1.54) is 10.8 Å². The summed E-state index contributed by atoms with van der Waals surface area (Å²) in [6.07, 6.45) is 1.49. The van der Waals surface area contributed by atoms with Gasteiger partial charge in [0.25, 0.3) is 5.56 Å². The minimum Gasteiger partial charge on any atom is -0.497 e. The fourth-order valence-corrected chi connectivity index (χ4v) is 3.64. The Morgan fingerprint density at radius 2 is 1.88 bits per heavy atom. The average molecular weight is 499 g/mol. The smallest absolute Gasteiger partial charge is 0.278 e. The second-order valence-electron chi connectivity index (χ2n) is 7.37. The van der Waals surface area contributed by atoms with Crippen LogP contribution in [0.2, 0.25) is 10.0 Å². The van der Waals surface area contributed by atoms with Gasteiger partial charge in [0.1, 0.15) is 17.0 Å². The minimum absolute atomic E-state index is 0.0306. The zero-order valence-electron chi connectivity index (χ0n) is 18.1. The summed E-state index contributed by atoms with van der Waals surface area (Å²) in [6.45, 7) is 0.435. The van der Waals surface area contributed by atoms with E-state index in [0.29, 0.717) is 33.4 Å². The van der Waals surface area contributed by atoms with Crippen molar-refractivity contribution < 1.29 is 9.53 Å². The molecule has 0 spiro atoms. The van der Waals surface area contributed by atoms with Crippen LogP contribution in [0.5, 0.6) is 5.75 Å². The van der Waals surface area contributed by atoms with Crippen LogP contribution in [0.4, 0.5) is 5.95 Å². The van der Waals surface area contributed by atoms with Crippen LogP contribution in [0.15, 0.2) is 53.5 Å². The van der Waals surface area contributed by atoms with Gasteiger partial charge in [0, 0.05) is 25.1 Å². The van der Waals surface area contributed by atoms with Crippen LogP contribution in [-0.4, -0.2) is 32.5 Å². The molecule has 0 aliphatic carbocycles. The highest BCUT2D eigenvalue weighted by Crippen LogP contribution is 2.23. The Labute approximate surface area is 204 Å². The molecule has 174 valence electrons. The Hall–Kier alpha value is -3.69. The van der Waals surface area contributed by atoms with Crippen molar-refractivity contribution in [1.29, 1.82) is 0 Å². The number of hydrogen-bond donors (Lipinski definition) is 2. The molecular weight excluding hydrogens is 479 g/mol. The number of aromatic nitrogens is 4. The molecule has 0 aliphatic rings. The van der Waals surface area contributed by atoms with E-state index < -0.39 is 11.5 Å². The first-order valence-electron chi connectivity index (χ1n) is 10.2. The van der Waals surface area contributed by atoms with E-state index in [-0.39, 0.29) is 30.3 Å². The molecule has 2 aromatic carbocycles. The van der Waals surface area contributed by atoms with Gasteiger partial charge in [0.15, 0.2) is 5.65 Å². The number of nitrogens with two attached hydrogens (primary N) is 1. The second kappa shape index (κ2) is 10.1. The number of aryl methyl sites for hydroxylation is 1. The van der Waals surface area contributed by atoms with Crippen LogP contribution < -0.4 is 21.3 Å². The fourth-order valence-electron chi connectivity index (χ4n) is 3.32. The van der Waals surface area contributed by atoms with Gasteiger partial charge in [-0.3, -0.25) is 14.2 Å². The van der Waals surface area contributed by atoms with Crippen LogP contribution in [0.1, 0.15) is 12.0 Å². The fraction of sp³-hybridized carbons (Fsp3) is 0.174. The number of carbonyl (C=O) groups is 1. The summed E-state index contributed by atoms with van der Waals surface area (Å²) in [5, 5.41) is 4.00. The van der Waals surface area contributed by atoms with Crippen LogP contribution in [0, 0.1) is 0 Å². The maximum atomic E-state index is 13.3. The molecule has 4 aromatic rings. The van der Waals surface area contributed by atoms with Crippen molar-refractivity contribution in [2.24, 2.45) is 5.73 Å². The van der Waals surface area contributed by atoms with Crippen LogP contribution in [0.3, 0.4) is 0 Å². The van der Waals surface area contributed by atoms with Crippen molar-refractivity contribution in [1.82, 2.24) is 19.5 Å².